The molecule has 9 heteroatoms. The predicted molar refractivity (Wildman–Crippen MR) is 123 cm³/mol. The standard InChI is InChI=1S/C24H28N6O3/c1-14(2)27-22-17(9-25)8-18(10-26-22)24-28-23(29-33-24)21-5-4-16-11-30(12-19(32)13-31)7-6-20(16)15(21)3/h4-5,8,10,14,19,31-32H,6-7,11-13H2,1-3H3,(H,26,27). The van der Waals surface area contributed by atoms with Crippen molar-refractivity contribution >= 4 is 5.82 Å². The number of hydrogen-bond acceptors (Lipinski definition) is 9. The fraction of sp³-hybridized carbons (Fsp3) is 0.417. The molecular formula is C24H28N6O3. The zero-order valence-corrected chi connectivity index (χ0v) is 19.0. The molecule has 3 heterocycles. The molecule has 0 bridgehead atoms. The Labute approximate surface area is 192 Å². The molecule has 1 aliphatic rings. The molecule has 9 nitrogen and oxygen atoms in total. The number of aromatic nitrogens is 3. The van der Waals surface area contributed by atoms with Gasteiger partial charge in [-0.05, 0) is 49.9 Å². The van der Waals surface area contributed by atoms with E-state index in [1.165, 1.54) is 11.1 Å². The van der Waals surface area contributed by atoms with E-state index in [-0.39, 0.29) is 12.6 Å². The van der Waals surface area contributed by atoms with Gasteiger partial charge in [0.05, 0.1) is 23.8 Å². The second kappa shape index (κ2) is 9.67. The summed E-state index contributed by atoms with van der Waals surface area (Å²) >= 11 is 0. The lowest BCUT2D eigenvalue weighted by Gasteiger charge is -2.31. The van der Waals surface area contributed by atoms with E-state index in [1.807, 2.05) is 19.9 Å². The van der Waals surface area contributed by atoms with Crippen LogP contribution < -0.4 is 5.32 Å². The van der Waals surface area contributed by atoms with Crippen LogP contribution in [0.15, 0.2) is 28.9 Å². The zero-order valence-electron chi connectivity index (χ0n) is 19.0. The average Bonchev–Trinajstić information content (AvgIpc) is 3.29. The van der Waals surface area contributed by atoms with Gasteiger partial charge in [0.2, 0.25) is 5.82 Å². The molecule has 0 amide bonds. The van der Waals surface area contributed by atoms with Crippen LogP contribution in [0.25, 0.3) is 22.8 Å². The molecule has 1 atom stereocenters. The van der Waals surface area contributed by atoms with E-state index >= 15 is 0 Å². The fourth-order valence-electron chi connectivity index (χ4n) is 4.16. The normalized spacial score (nSPS) is 14.7. The highest BCUT2D eigenvalue weighted by atomic mass is 16.5. The van der Waals surface area contributed by atoms with E-state index in [9.17, 15) is 10.4 Å². The van der Waals surface area contributed by atoms with E-state index in [4.69, 9.17) is 9.63 Å². The van der Waals surface area contributed by atoms with Crippen molar-refractivity contribution < 1.29 is 14.7 Å². The summed E-state index contributed by atoms with van der Waals surface area (Å²) in [6, 6.07) is 8.07. The van der Waals surface area contributed by atoms with Crippen molar-refractivity contribution in [2.75, 3.05) is 25.0 Å². The maximum atomic E-state index is 9.74. The number of hydrogen-bond donors (Lipinski definition) is 3. The smallest absolute Gasteiger partial charge is 0.259 e. The number of aliphatic hydroxyl groups is 2. The summed E-state index contributed by atoms with van der Waals surface area (Å²) in [6.07, 6.45) is 1.74. The van der Waals surface area contributed by atoms with Crippen molar-refractivity contribution in [3.05, 3.63) is 46.6 Å². The molecule has 1 aliphatic heterocycles. The number of β-amino-alcohol motifs (C(OH)–C–C–N with tert-alkyl or cyclic N) is 1. The average molecular weight is 449 g/mol. The summed E-state index contributed by atoms with van der Waals surface area (Å²) in [4.78, 5) is 11.1. The third-order valence-corrected chi connectivity index (χ3v) is 5.79. The number of nitrogens with one attached hydrogen (secondary N) is 1. The first-order chi connectivity index (χ1) is 15.9. The summed E-state index contributed by atoms with van der Waals surface area (Å²) in [5.74, 6) is 1.33. The monoisotopic (exact) mass is 448 g/mol. The maximum Gasteiger partial charge on any atom is 0.259 e. The highest BCUT2D eigenvalue weighted by Gasteiger charge is 2.23. The number of fused-ring (bicyclic) bond motifs is 1. The SMILES string of the molecule is Cc1c(-c2noc(-c3cnc(NC(C)C)c(C#N)c3)n2)ccc2c1CCN(CC(O)CO)C2. The minimum absolute atomic E-state index is 0.157. The van der Waals surface area contributed by atoms with Crippen molar-refractivity contribution in [1.29, 1.82) is 5.26 Å². The molecule has 3 aromatic rings. The molecular weight excluding hydrogens is 420 g/mol. The lowest BCUT2D eigenvalue weighted by atomic mass is 9.91. The van der Waals surface area contributed by atoms with Gasteiger partial charge in [0.15, 0.2) is 0 Å². The van der Waals surface area contributed by atoms with Gasteiger partial charge < -0.3 is 20.1 Å². The Bertz CT molecular complexity index is 1180. The minimum Gasteiger partial charge on any atom is -0.394 e. The fourth-order valence-corrected chi connectivity index (χ4v) is 4.16. The lowest BCUT2D eigenvalue weighted by Crippen LogP contribution is -2.38. The van der Waals surface area contributed by atoms with Gasteiger partial charge in [-0.25, -0.2) is 4.98 Å². The van der Waals surface area contributed by atoms with Crippen LogP contribution in [-0.4, -0.2) is 62.1 Å². The van der Waals surface area contributed by atoms with E-state index in [0.717, 1.165) is 30.6 Å². The van der Waals surface area contributed by atoms with Crippen LogP contribution in [0.4, 0.5) is 5.82 Å². The van der Waals surface area contributed by atoms with Gasteiger partial charge in [-0.2, -0.15) is 10.2 Å². The Hall–Kier alpha value is -3.32. The molecule has 172 valence electrons. The summed E-state index contributed by atoms with van der Waals surface area (Å²) in [5.41, 5.74) is 5.47. The Balaban J connectivity index is 1.58. The van der Waals surface area contributed by atoms with E-state index in [0.29, 0.717) is 35.2 Å². The molecule has 0 radical (unpaired) electrons. The van der Waals surface area contributed by atoms with Crippen molar-refractivity contribution in [2.45, 2.75) is 45.9 Å². The number of rotatable bonds is 7. The first kappa shape index (κ1) is 22.9. The number of anilines is 1. The van der Waals surface area contributed by atoms with Crippen LogP contribution in [0, 0.1) is 18.3 Å². The first-order valence-corrected chi connectivity index (χ1v) is 11.0. The Morgan fingerprint density at radius 1 is 1.33 bits per heavy atom. The number of benzene rings is 1. The predicted octanol–water partition coefficient (Wildman–Crippen LogP) is 2.51. The van der Waals surface area contributed by atoms with Crippen molar-refractivity contribution in [2.24, 2.45) is 0 Å². The van der Waals surface area contributed by atoms with Crippen LogP contribution in [0.2, 0.25) is 0 Å². The van der Waals surface area contributed by atoms with Crippen molar-refractivity contribution in [3.63, 3.8) is 0 Å². The number of aliphatic hydroxyl groups excluding tert-OH is 2. The minimum atomic E-state index is -0.726. The third-order valence-electron chi connectivity index (χ3n) is 5.79. The van der Waals surface area contributed by atoms with Crippen LogP contribution in [-0.2, 0) is 13.0 Å². The zero-order chi connectivity index (χ0) is 23.5. The molecule has 33 heavy (non-hydrogen) atoms. The Kier molecular flexibility index (Phi) is 6.70. The molecule has 1 aromatic carbocycles. The van der Waals surface area contributed by atoms with Gasteiger partial charge in [-0.3, -0.25) is 4.90 Å². The largest absolute Gasteiger partial charge is 0.394 e. The van der Waals surface area contributed by atoms with Crippen molar-refractivity contribution in [3.8, 4) is 28.9 Å². The van der Waals surface area contributed by atoms with Gasteiger partial charge in [-0.1, -0.05) is 17.3 Å². The van der Waals surface area contributed by atoms with E-state index < -0.39 is 6.10 Å². The summed E-state index contributed by atoms with van der Waals surface area (Å²) < 4.78 is 5.51. The summed E-state index contributed by atoms with van der Waals surface area (Å²) in [7, 11) is 0. The molecule has 1 unspecified atom stereocenters. The molecule has 2 aromatic heterocycles. The molecule has 3 N–H and O–H groups in total. The maximum absolute atomic E-state index is 9.74. The van der Waals surface area contributed by atoms with Crippen LogP contribution in [0.5, 0.6) is 0 Å². The van der Waals surface area contributed by atoms with Crippen molar-refractivity contribution in [1.82, 2.24) is 20.0 Å². The second-order valence-electron chi connectivity index (χ2n) is 8.65. The third kappa shape index (κ3) is 4.88. The summed E-state index contributed by atoms with van der Waals surface area (Å²) in [6.45, 7) is 7.79. The number of pyridine rings is 1. The second-order valence-corrected chi connectivity index (χ2v) is 8.65. The van der Waals surface area contributed by atoms with Crippen LogP contribution >= 0.6 is 0 Å². The van der Waals surface area contributed by atoms with E-state index in [1.54, 1.807) is 12.3 Å². The molecule has 0 aliphatic carbocycles. The highest BCUT2D eigenvalue weighted by molar-refractivity contribution is 5.67. The molecule has 0 fully saturated rings. The topological polar surface area (TPSA) is 131 Å². The van der Waals surface area contributed by atoms with Gasteiger partial charge in [0.25, 0.3) is 5.89 Å². The van der Waals surface area contributed by atoms with Gasteiger partial charge in [0.1, 0.15) is 11.9 Å². The number of nitriles is 1. The quantitative estimate of drug-likeness (QED) is 0.499. The van der Waals surface area contributed by atoms with Gasteiger partial charge in [-0.15, -0.1) is 0 Å². The lowest BCUT2D eigenvalue weighted by molar-refractivity contribution is 0.0551. The Morgan fingerprint density at radius 3 is 2.88 bits per heavy atom. The molecule has 4 rings (SSSR count). The van der Waals surface area contributed by atoms with Crippen LogP contribution in [0.3, 0.4) is 0 Å². The van der Waals surface area contributed by atoms with Crippen LogP contribution in [0.1, 0.15) is 36.1 Å². The Morgan fingerprint density at radius 2 is 2.15 bits per heavy atom. The van der Waals surface area contributed by atoms with Gasteiger partial charge >= 0.3 is 0 Å². The number of nitrogens with zero attached hydrogens (tertiary/aromatic N) is 5. The molecule has 0 saturated carbocycles. The van der Waals surface area contributed by atoms with E-state index in [2.05, 4.69) is 44.4 Å². The molecule has 0 saturated heterocycles. The highest BCUT2D eigenvalue weighted by Crippen LogP contribution is 2.31. The first-order valence-electron chi connectivity index (χ1n) is 11.0. The summed E-state index contributed by atoms with van der Waals surface area (Å²) in [5, 5.41) is 35.7. The molecule has 0 spiro atoms. The van der Waals surface area contributed by atoms with Gasteiger partial charge in [0, 0.05) is 37.4 Å².